The Kier molecular flexibility index (Phi) is 4.90. The molecule has 0 saturated heterocycles. The standard InChI is InChI=1S/C15H13ClN2O3/c1-21-15(20)13-7-3-6-12(18-13)14(19)17-9-10-4-2-5-11(16)8-10/h2-8H,9H2,1H3,(H,17,19). The summed E-state index contributed by atoms with van der Waals surface area (Å²) in [6.45, 7) is 0.323. The number of rotatable bonds is 4. The van der Waals surface area contributed by atoms with E-state index in [9.17, 15) is 9.59 Å². The van der Waals surface area contributed by atoms with E-state index in [2.05, 4.69) is 15.0 Å². The smallest absolute Gasteiger partial charge is 0.356 e. The van der Waals surface area contributed by atoms with Crippen molar-refractivity contribution in [2.45, 2.75) is 6.54 Å². The quantitative estimate of drug-likeness (QED) is 0.881. The van der Waals surface area contributed by atoms with Crippen LogP contribution in [0.1, 0.15) is 26.5 Å². The number of halogens is 1. The number of pyridine rings is 1. The number of methoxy groups -OCH3 is 1. The molecule has 6 heteroatoms. The lowest BCUT2D eigenvalue weighted by Crippen LogP contribution is -2.24. The maximum absolute atomic E-state index is 12.0. The van der Waals surface area contributed by atoms with Crippen LogP contribution in [-0.4, -0.2) is 24.0 Å². The number of aromatic nitrogens is 1. The molecule has 0 saturated carbocycles. The van der Waals surface area contributed by atoms with E-state index in [1.54, 1.807) is 24.3 Å². The third kappa shape index (κ3) is 4.03. The molecule has 1 N–H and O–H groups in total. The maximum atomic E-state index is 12.0. The van der Waals surface area contributed by atoms with E-state index in [0.29, 0.717) is 11.6 Å². The molecule has 0 aliphatic carbocycles. The van der Waals surface area contributed by atoms with Crippen LogP contribution in [0.2, 0.25) is 5.02 Å². The Morgan fingerprint density at radius 1 is 1.19 bits per heavy atom. The molecule has 1 aromatic heterocycles. The number of ether oxygens (including phenoxy) is 1. The summed E-state index contributed by atoms with van der Waals surface area (Å²) in [4.78, 5) is 27.3. The van der Waals surface area contributed by atoms with Gasteiger partial charge in [-0.15, -0.1) is 0 Å². The molecule has 0 radical (unpaired) electrons. The Balaban J connectivity index is 2.05. The van der Waals surface area contributed by atoms with Gasteiger partial charge in [0.2, 0.25) is 0 Å². The van der Waals surface area contributed by atoms with Crippen molar-refractivity contribution >= 4 is 23.5 Å². The topological polar surface area (TPSA) is 68.3 Å². The van der Waals surface area contributed by atoms with Crippen LogP contribution in [0.25, 0.3) is 0 Å². The number of hydrogen-bond acceptors (Lipinski definition) is 4. The number of carbonyl (C=O) groups excluding carboxylic acids is 2. The number of esters is 1. The van der Waals surface area contributed by atoms with Crippen LogP contribution >= 0.6 is 11.6 Å². The Hall–Kier alpha value is -2.40. The van der Waals surface area contributed by atoms with Crippen molar-refractivity contribution in [3.8, 4) is 0 Å². The second kappa shape index (κ2) is 6.85. The van der Waals surface area contributed by atoms with Crippen LogP contribution in [0.15, 0.2) is 42.5 Å². The maximum Gasteiger partial charge on any atom is 0.356 e. The van der Waals surface area contributed by atoms with Gasteiger partial charge in [0.15, 0.2) is 0 Å². The molecule has 2 rings (SSSR count). The van der Waals surface area contributed by atoms with Gasteiger partial charge in [-0.1, -0.05) is 29.8 Å². The van der Waals surface area contributed by atoms with Gasteiger partial charge in [-0.25, -0.2) is 9.78 Å². The fourth-order valence-corrected chi connectivity index (χ4v) is 1.91. The molecule has 1 amide bonds. The lowest BCUT2D eigenvalue weighted by molar-refractivity contribution is 0.0594. The highest BCUT2D eigenvalue weighted by Crippen LogP contribution is 2.10. The van der Waals surface area contributed by atoms with Crippen molar-refractivity contribution in [1.82, 2.24) is 10.3 Å². The van der Waals surface area contributed by atoms with Crippen LogP contribution < -0.4 is 5.32 Å². The van der Waals surface area contributed by atoms with E-state index >= 15 is 0 Å². The number of benzene rings is 1. The van der Waals surface area contributed by atoms with Gasteiger partial charge >= 0.3 is 5.97 Å². The predicted molar refractivity (Wildman–Crippen MR) is 78.2 cm³/mol. The minimum absolute atomic E-state index is 0.0907. The fraction of sp³-hybridized carbons (Fsp3) is 0.133. The van der Waals surface area contributed by atoms with Crippen molar-refractivity contribution in [1.29, 1.82) is 0 Å². The average Bonchev–Trinajstić information content (AvgIpc) is 2.52. The molecule has 5 nitrogen and oxygen atoms in total. The summed E-state index contributed by atoms with van der Waals surface area (Å²) < 4.78 is 4.57. The van der Waals surface area contributed by atoms with E-state index in [4.69, 9.17) is 11.6 Å². The number of nitrogens with zero attached hydrogens (tertiary/aromatic N) is 1. The zero-order chi connectivity index (χ0) is 15.2. The zero-order valence-electron chi connectivity index (χ0n) is 11.3. The van der Waals surface area contributed by atoms with Crippen LogP contribution in [0.4, 0.5) is 0 Å². The second-order valence-corrected chi connectivity index (χ2v) is 4.65. The summed E-state index contributed by atoms with van der Waals surface area (Å²) in [6, 6.07) is 11.8. The summed E-state index contributed by atoms with van der Waals surface area (Å²) in [7, 11) is 1.26. The van der Waals surface area contributed by atoms with Crippen molar-refractivity contribution in [3.63, 3.8) is 0 Å². The van der Waals surface area contributed by atoms with Gasteiger partial charge in [0.05, 0.1) is 7.11 Å². The Labute approximate surface area is 126 Å². The van der Waals surface area contributed by atoms with Gasteiger partial charge in [0.25, 0.3) is 5.91 Å². The van der Waals surface area contributed by atoms with Gasteiger partial charge in [-0.2, -0.15) is 0 Å². The SMILES string of the molecule is COC(=O)c1cccc(C(=O)NCc2cccc(Cl)c2)n1. The summed E-state index contributed by atoms with van der Waals surface area (Å²) in [5.74, 6) is -0.958. The van der Waals surface area contributed by atoms with Gasteiger partial charge in [-0.3, -0.25) is 4.79 Å². The lowest BCUT2D eigenvalue weighted by Gasteiger charge is -2.06. The van der Waals surface area contributed by atoms with Gasteiger partial charge in [0, 0.05) is 11.6 Å². The first-order valence-corrected chi connectivity index (χ1v) is 6.56. The minimum Gasteiger partial charge on any atom is -0.464 e. The van der Waals surface area contributed by atoms with Gasteiger partial charge < -0.3 is 10.1 Å². The summed E-state index contributed by atoms with van der Waals surface area (Å²) >= 11 is 5.87. The first kappa shape index (κ1) is 15.0. The van der Waals surface area contributed by atoms with E-state index in [1.807, 2.05) is 6.07 Å². The lowest BCUT2D eigenvalue weighted by atomic mass is 10.2. The Morgan fingerprint density at radius 3 is 2.62 bits per heavy atom. The largest absolute Gasteiger partial charge is 0.464 e. The first-order valence-electron chi connectivity index (χ1n) is 6.18. The van der Waals surface area contributed by atoms with Crippen molar-refractivity contribution in [2.24, 2.45) is 0 Å². The molecule has 0 atom stereocenters. The third-order valence-corrected chi connectivity index (χ3v) is 2.95. The molecular formula is C15H13ClN2O3. The molecule has 1 aromatic carbocycles. The van der Waals surface area contributed by atoms with Crippen LogP contribution in [0.3, 0.4) is 0 Å². The molecular weight excluding hydrogens is 292 g/mol. The fourth-order valence-electron chi connectivity index (χ4n) is 1.70. The molecule has 1 heterocycles. The van der Waals surface area contributed by atoms with Crippen molar-refractivity contribution in [2.75, 3.05) is 7.11 Å². The van der Waals surface area contributed by atoms with Crippen LogP contribution in [0.5, 0.6) is 0 Å². The van der Waals surface area contributed by atoms with E-state index in [1.165, 1.54) is 19.2 Å². The Bertz CT molecular complexity index is 673. The predicted octanol–water partition coefficient (Wildman–Crippen LogP) is 2.45. The molecule has 0 fully saturated rings. The minimum atomic E-state index is -0.584. The van der Waals surface area contributed by atoms with E-state index < -0.39 is 5.97 Å². The third-order valence-electron chi connectivity index (χ3n) is 2.72. The normalized spacial score (nSPS) is 10.0. The molecule has 2 aromatic rings. The highest BCUT2D eigenvalue weighted by Gasteiger charge is 2.12. The molecule has 0 bridgehead atoms. The Morgan fingerprint density at radius 2 is 1.90 bits per heavy atom. The summed E-state index contributed by atoms with van der Waals surface area (Å²) in [5.41, 5.74) is 1.12. The zero-order valence-corrected chi connectivity index (χ0v) is 12.1. The monoisotopic (exact) mass is 304 g/mol. The number of amides is 1. The number of carbonyl (C=O) groups is 2. The van der Waals surface area contributed by atoms with Crippen molar-refractivity contribution in [3.05, 3.63) is 64.4 Å². The first-order chi connectivity index (χ1) is 10.1. The molecule has 108 valence electrons. The average molecular weight is 305 g/mol. The summed E-state index contributed by atoms with van der Waals surface area (Å²) in [6.07, 6.45) is 0. The highest BCUT2D eigenvalue weighted by molar-refractivity contribution is 6.30. The van der Waals surface area contributed by atoms with E-state index in [-0.39, 0.29) is 17.3 Å². The summed E-state index contributed by atoms with van der Waals surface area (Å²) in [5, 5.41) is 3.32. The number of hydrogen-bond donors (Lipinski definition) is 1. The highest BCUT2D eigenvalue weighted by atomic mass is 35.5. The molecule has 0 aliphatic rings. The second-order valence-electron chi connectivity index (χ2n) is 4.21. The van der Waals surface area contributed by atoms with Crippen LogP contribution in [-0.2, 0) is 11.3 Å². The van der Waals surface area contributed by atoms with Crippen LogP contribution in [0, 0.1) is 0 Å². The van der Waals surface area contributed by atoms with Gasteiger partial charge in [-0.05, 0) is 29.8 Å². The molecule has 21 heavy (non-hydrogen) atoms. The molecule has 0 spiro atoms. The van der Waals surface area contributed by atoms with Crippen molar-refractivity contribution < 1.29 is 14.3 Å². The van der Waals surface area contributed by atoms with E-state index in [0.717, 1.165) is 5.56 Å². The number of nitrogens with one attached hydrogen (secondary N) is 1. The molecule has 0 aliphatic heterocycles. The van der Waals surface area contributed by atoms with Gasteiger partial charge in [0.1, 0.15) is 11.4 Å². The molecule has 0 unspecified atom stereocenters.